The van der Waals surface area contributed by atoms with Crippen molar-refractivity contribution < 1.29 is 27.5 Å². The number of rotatable bonds is 4. The quantitative estimate of drug-likeness (QED) is 0.644. The van der Waals surface area contributed by atoms with E-state index < -0.39 is 33.3 Å². The summed E-state index contributed by atoms with van der Waals surface area (Å²) < 4.78 is 29.8. The van der Waals surface area contributed by atoms with Crippen molar-refractivity contribution in [2.45, 2.75) is 44.8 Å². The molecule has 0 bridgehead atoms. The van der Waals surface area contributed by atoms with E-state index in [0.717, 1.165) is 11.2 Å². The van der Waals surface area contributed by atoms with Gasteiger partial charge in [-0.25, -0.2) is 22.7 Å². The Labute approximate surface area is 153 Å². The van der Waals surface area contributed by atoms with Gasteiger partial charge in [0.2, 0.25) is 10.0 Å². The van der Waals surface area contributed by atoms with E-state index in [9.17, 15) is 22.8 Å². The van der Waals surface area contributed by atoms with Gasteiger partial charge in [0.05, 0.1) is 6.26 Å². The minimum absolute atomic E-state index is 0.0435. The van der Waals surface area contributed by atoms with Gasteiger partial charge in [-0.1, -0.05) is 0 Å². The molecule has 2 aliphatic heterocycles. The summed E-state index contributed by atoms with van der Waals surface area (Å²) in [6.45, 7) is 5.82. The van der Waals surface area contributed by atoms with Crippen LogP contribution in [0.25, 0.3) is 0 Å². The smallest absolute Gasteiger partial charge is 0.410 e. The SMILES string of the molecule is CC(C)(C)OC(=O)N1CCC2(CC1)NC(=O)N(CCNS(C)(=O)=O)C2=O. The Balaban J connectivity index is 1.95. The number of nitrogens with one attached hydrogen (secondary N) is 2. The van der Waals surface area contributed by atoms with Gasteiger partial charge in [-0.2, -0.15) is 0 Å². The van der Waals surface area contributed by atoms with Crippen LogP contribution in [0, 0.1) is 0 Å². The Hall–Kier alpha value is -1.88. The molecule has 4 amide bonds. The fraction of sp³-hybridized carbons (Fsp3) is 0.800. The number of ether oxygens (including phenoxy) is 1. The summed E-state index contributed by atoms with van der Waals surface area (Å²) in [5.41, 5.74) is -1.65. The van der Waals surface area contributed by atoms with Gasteiger partial charge in [0.25, 0.3) is 5.91 Å². The van der Waals surface area contributed by atoms with E-state index in [1.807, 2.05) is 0 Å². The average molecular weight is 390 g/mol. The third kappa shape index (κ3) is 4.85. The molecule has 0 aromatic heterocycles. The van der Waals surface area contributed by atoms with E-state index >= 15 is 0 Å². The van der Waals surface area contributed by atoms with Crippen molar-refractivity contribution in [2.75, 3.05) is 32.4 Å². The van der Waals surface area contributed by atoms with Gasteiger partial charge in [-0.05, 0) is 33.6 Å². The first kappa shape index (κ1) is 20.4. The van der Waals surface area contributed by atoms with Gasteiger partial charge in [0.1, 0.15) is 11.1 Å². The lowest BCUT2D eigenvalue weighted by molar-refractivity contribution is -0.132. The topological polar surface area (TPSA) is 125 Å². The van der Waals surface area contributed by atoms with Crippen molar-refractivity contribution in [3.63, 3.8) is 0 Å². The van der Waals surface area contributed by atoms with Crippen molar-refractivity contribution in [1.29, 1.82) is 0 Å². The Morgan fingerprint density at radius 1 is 1.27 bits per heavy atom. The molecule has 2 heterocycles. The van der Waals surface area contributed by atoms with E-state index in [0.29, 0.717) is 0 Å². The molecule has 148 valence electrons. The minimum atomic E-state index is -3.39. The molecule has 11 heteroatoms. The number of hydrogen-bond acceptors (Lipinski definition) is 6. The van der Waals surface area contributed by atoms with Crippen molar-refractivity contribution >= 4 is 28.1 Å². The van der Waals surface area contributed by atoms with Gasteiger partial charge in [0, 0.05) is 26.2 Å². The Bertz CT molecular complexity index is 691. The van der Waals surface area contributed by atoms with Crippen LogP contribution in [0.2, 0.25) is 0 Å². The van der Waals surface area contributed by atoms with Crippen LogP contribution in [-0.2, 0) is 19.6 Å². The fourth-order valence-corrected chi connectivity index (χ4v) is 3.42. The van der Waals surface area contributed by atoms with Crippen LogP contribution in [0.4, 0.5) is 9.59 Å². The predicted molar refractivity (Wildman–Crippen MR) is 92.9 cm³/mol. The molecule has 2 saturated heterocycles. The molecule has 0 aromatic carbocycles. The van der Waals surface area contributed by atoms with Gasteiger partial charge in [-0.15, -0.1) is 0 Å². The molecule has 1 spiro atoms. The molecule has 0 saturated carbocycles. The Morgan fingerprint density at radius 3 is 2.35 bits per heavy atom. The van der Waals surface area contributed by atoms with Gasteiger partial charge >= 0.3 is 12.1 Å². The molecular weight excluding hydrogens is 364 g/mol. The number of sulfonamides is 1. The molecule has 2 N–H and O–H groups in total. The van der Waals surface area contributed by atoms with Crippen LogP contribution >= 0.6 is 0 Å². The largest absolute Gasteiger partial charge is 0.444 e. The second-order valence-corrected chi connectivity index (χ2v) is 9.44. The number of imide groups is 1. The number of urea groups is 1. The van der Waals surface area contributed by atoms with Gasteiger partial charge < -0.3 is 15.0 Å². The zero-order chi connectivity index (χ0) is 19.8. The summed E-state index contributed by atoms with van der Waals surface area (Å²) in [6, 6.07) is -0.545. The number of carbonyl (C=O) groups is 3. The Morgan fingerprint density at radius 2 is 1.85 bits per heavy atom. The highest BCUT2D eigenvalue weighted by Gasteiger charge is 2.52. The highest BCUT2D eigenvalue weighted by molar-refractivity contribution is 7.88. The third-order valence-electron chi connectivity index (χ3n) is 4.21. The second kappa shape index (κ2) is 7.03. The zero-order valence-corrected chi connectivity index (χ0v) is 16.3. The maximum absolute atomic E-state index is 12.7. The third-order valence-corrected chi connectivity index (χ3v) is 4.94. The van der Waals surface area contributed by atoms with Crippen LogP contribution in [0.3, 0.4) is 0 Å². The summed E-state index contributed by atoms with van der Waals surface area (Å²) in [5.74, 6) is -0.387. The fourth-order valence-electron chi connectivity index (χ4n) is 2.96. The molecule has 0 aromatic rings. The number of carbonyl (C=O) groups excluding carboxylic acids is 3. The van der Waals surface area contributed by atoms with E-state index in [1.165, 1.54) is 4.90 Å². The molecule has 26 heavy (non-hydrogen) atoms. The molecule has 2 aliphatic rings. The van der Waals surface area contributed by atoms with Crippen LogP contribution in [0.1, 0.15) is 33.6 Å². The molecule has 0 aliphatic carbocycles. The zero-order valence-electron chi connectivity index (χ0n) is 15.5. The van der Waals surface area contributed by atoms with E-state index in [4.69, 9.17) is 4.74 Å². The van der Waals surface area contributed by atoms with Crippen LogP contribution in [0.5, 0.6) is 0 Å². The maximum atomic E-state index is 12.7. The summed E-state index contributed by atoms with van der Waals surface area (Å²) in [4.78, 5) is 39.5. The molecule has 2 rings (SSSR count). The lowest BCUT2D eigenvalue weighted by Gasteiger charge is -2.37. The normalized spacial score (nSPS) is 20.5. The lowest BCUT2D eigenvalue weighted by Crippen LogP contribution is -2.56. The monoisotopic (exact) mass is 390 g/mol. The van der Waals surface area contributed by atoms with E-state index in [1.54, 1.807) is 20.8 Å². The number of hydrogen-bond donors (Lipinski definition) is 2. The number of likely N-dealkylation sites (tertiary alicyclic amines) is 1. The van der Waals surface area contributed by atoms with Crippen molar-refractivity contribution in [3.05, 3.63) is 0 Å². The van der Waals surface area contributed by atoms with Crippen molar-refractivity contribution in [1.82, 2.24) is 19.8 Å². The highest BCUT2D eigenvalue weighted by Crippen LogP contribution is 2.30. The highest BCUT2D eigenvalue weighted by atomic mass is 32.2. The molecule has 0 radical (unpaired) electrons. The number of nitrogens with zero attached hydrogens (tertiary/aromatic N) is 2. The molecule has 10 nitrogen and oxygen atoms in total. The summed E-state index contributed by atoms with van der Waals surface area (Å²) in [7, 11) is -3.39. The predicted octanol–water partition coefficient (Wildman–Crippen LogP) is -0.143. The van der Waals surface area contributed by atoms with Gasteiger partial charge in [0.15, 0.2) is 0 Å². The molecule has 0 atom stereocenters. The first-order chi connectivity index (χ1) is 11.8. The minimum Gasteiger partial charge on any atom is -0.444 e. The van der Waals surface area contributed by atoms with Crippen LogP contribution < -0.4 is 10.0 Å². The summed E-state index contributed by atoms with van der Waals surface area (Å²) >= 11 is 0. The standard InChI is InChI=1S/C15H26N4O6S/c1-14(2,3)25-13(22)18-8-5-15(6-9-18)11(20)19(12(21)17-15)10-7-16-26(4,23)24/h16H,5-10H2,1-4H3,(H,17,21). The molecule has 2 fully saturated rings. The van der Waals surface area contributed by atoms with Crippen molar-refractivity contribution in [2.24, 2.45) is 0 Å². The Kier molecular flexibility index (Phi) is 5.52. The maximum Gasteiger partial charge on any atom is 0.410 e. The van der Waals surface area contributed by atoms with Crippen molar-refractivity contribution in [3.8, 4) is 0 Å². The number of amides is 4. The summed E-state index contributed by atoms with van der Waals surface area (Å²) in [6.07, 6.45) is 1.13. The first-order valence-corrected chi connectivity index (χ1v) is 10.3. The summed E-state index contributed by atoms with van der Waals surface area (Å²) in [5, 5.41) is 2.71. The number of piperidine rings is 1. The van der Waals surface area contributed by atoms with Crippen LogP contribution in [0.15, 0.2) is 0 Å². The molecule has 0 unspecified atom stereocenters. The van der Waals surface area contributed by atoms with Crippen LogP contribution in [-0.4, -0.2) is 79.8 Å². The van der Waals surface area contributed by atoms with Gasteiger partial charge in [-0.3, -0.25) is 9.69 Å². The second-order valence-electron chi connectivity index (χ2n) is 7.60. The lowest BCUT2D eigenvalue weighted by atomic mass is 9.87. The average Bonchev–Trinajstić information content (AvgIpc) is 2.69. The van der Waals surface area contributed by atoms with E-state index in [-0.39, 0.29) is 44.9 Å². The molecular formula is C15H26N4O6S. The van der Waals surface area contributed by atoms with E-state index in [2.05, 4.69) is 10.0 Å². The first-order valence-electron chi connectivity index (χ1n) is 8.40.